The van der Waals surface area contributed by atoms with Crippen molar-refractivity contribution in [2.45, 2.75) is 78.3 Å². The highest BCUT2D eigenvalue weighted by molar-refractivity contribution is 4.87. The molecule has 2 rings (SSSR count). The minimum Gasteiger partial charge on any atom is -0.327 e. The summed E-state index contributed by atoms with van der Waals surface area (Å²) in [4.78, 5) is 2.71. The van der Waals surface area contributed by atoms with Gasteiger partial charge in [-0.15, -0.1) is 0 Å². The summed E-state index contributed by atoms with van der Waals surface area (Å²) in [5, 5.41) is 0. The highest BCUT2D eigenvalue weighted by atomic mass is 15.2. The molecule has 4 unspecified atom stereocenters. The molecule has 0 bridgehead atoms. The first-order chi connectivity index (χ1) is 8.86. The van der Waals surface area contributed by atoms with Crippen molar-refractivity contribution < 1.29 is 0 Å². The van der Waals surface area contributed by atoms with Crippen LogP contribution in [-0.2, 0) is 0 Å². The monoisotopic (exact) mass is 266 g/mol. The number of piperidine rings is 1. The van der Waals surface area contributed by atoms with Crippen LogP contribution in [0.3, 0.4) is 0 Å². The Morgan fingerprint density at radius 2 is 1.74 bits per heavy atom. The maximum Gasteiger partial charge on any atom is 0.0170 e. The van der Waals surface area contributed by atoms with Crippen LogP contribution in [0, 0.1) is 17.3 Å². The number of nitrogens with two attached hydrogens (primary N) is 1. The average Bonchev–Trinajstić information content (AvgIpc) is 2.52. The third-order valence-electron chi connectivity index (χ3n) is 5.40. The highest BCUT2D eigenvalue weighted by Gasteiger charge is 2.32. The van der Waals surface area contributed by atoms with E-state index in [2.05, 4.69) is 32.6 Å². The summed E-state index contributed by atoms with van der Waals surface area (Å²) < 4.78 is 0. The van der Waals surface area contributed by atoms with Gasteiger partial charge < -0.3 is 5.73 Å². The van der Waals surface area contributed by atoms with Crippen LogP contribution < -0.4 is 5.73 Å². The largest absolute Gasteiger partial charge is 0.327 e. The van der Waals surface area contributed by atoms with Crippen LogP contribution in [0.1, 0.15) is 66.2 Å². The van der Waals surface area contributed by atoms with Gasteiger partial charge in [-0.3, -0.25) is 4.90 Å². The molecule has 1 aliphatic heterocycles. The first-order valence-electron chi connectivity index (χ1n) is 8.36. The van der Waals surface area contributed by atoms with E-state index in [4.69, 9.17) is 5.73 Å². The van der Waals surface area contributed by atoms with Crippen LogP contribution in [0.15, 0.2) is 0 Å². The average molecular weight is 266 g/mol. The van der Waals surface area contributed by atoms with E-state index in [1.807, 2.05) is 0 Å². The lowest BCUT2D eigenvalue weighted by Crippen LogP contribution is -2.50. The predicted molar refractivity (Wildman–Crippen MR) is 83.1 cm³/mol. The van der Waals surface area contributed by atoms with Crippen LogP contribution in [-0.4, -0.2) is 30.1 Å². The SMILES string of the molecule is CC1CC(N)CN(C2CCCC(C(C)(C)C)CC2)C1. The van der Waals surface area contributed by atoms with Crippen molar-refractivity contribution in [3.05, 3.63) is 0 Å². The normalized spacial score (nSPS) is 39.0. The number of hydrogen-bond acceptors (Lipinski definition) is 2. The molecule has 2 nitrogen and oxygen atoms in total. The molecule has 0 amide bonds. The second kappa shape index (κ2) is 6.13. The molecule has 2 N–H and O–H groups in total. The Bertz CT molecular complexity index is 271. The van der Waals surface area contributed by atoms with Gasteiger partial charge in [0.25, 0.3) is 0 Å². The molecule has 2 fully saturated rings. The maximum absolute atomic E-state index is 6.22. The summed E-state index contributed by atoms with van der Waals surface area (Å²) in [6.45, 7) is 12.0. The molecular weight excluding hydrogens is 232 g/mol. The van der Waals surface area contributed by atoms with Gasteiger partial charge in [0, 0.05) is 25.2 Å². The van der Waals surface area contributed by atoms with Crippen molar-refractivity contribution in [3.63, 3.8) is 0 Å². The summed E-state index contributed by atoms with van der Waals surface area (Å²) >= 11 is 0. The summed E-state index contributed by atoms with van der Waals surface area (Å²) in [6.07, 6.45) is 8.25. The number of rotatable bonds is 1. The van der Waals surface area contributed by atoms with Crippen molar-refractivity contribution in [1.29, 1.82) is 0 Å². The van der Waals surface area contributed by atoms with Crippen molar-refractivity contribution in [2.75, 3.05) is 13.1 Å². The molecule has 2 heteroatoms. The lowest BCUT2D eigenvalue weighted by molar-refractivity contribution is 0.103. The smallest absolute Gasteiger partial charge is 0.0170 e. The zero-order valence-electron chi connectivity index (χ0n) is 13.5. The second-order valence-electron chi connectivity index (χ2n) is 8.28. The molecule has 1 heterocycles. The Hall–Kier alpha value is -0.0800. The maximum atomic E-state index is 6.22. The number of likely N-dealkylation sites (tertiary alicyclic amines) is 1. The zero-order valence-corrected chi connectivity index (χ0v) is 13.5. The van der Waals surface area contributed by atoms with Crippen molar-refractivity contribution >= 4 is 0 Å². The molecule has 19 heavy (non-hydrogen) atoms. The van der Waals surface area contributed by atoms with Gasteiger partial charge in [0.2, 0.25) is 0 Å². The third kappa shape index (κ3) is 4.19. The van der Waals surface area contributed by atoms with Crippen LogP contribution in [0.2, 0.25) is 0 Å². The van der Waals surface area contributed by atoms with Crippen LogP contribution in [0.5, 0.6) is 0 Å². The van der Waals surface area contributed by atoms with E-state index in [1.165, 1.54) is 45.1 Å². The molecule has 0 aromatic carbocycles. The highest BCUT2D eigenvalue weighted by Crippen LogP contribution is 2.38. The number of hydrogen-bond donors (Lipinski definition) is 1. The van der Waals surface area contributed by atoms with E-state index in [9.17, 15) is 0 Å². The molecule has 0 spiro atoms. The van der Waals surface area contributed by atoms with Gasteiger partial charge in [0.05, 0.1) is 0 Å². The summed E-state index contributed by atoms with van der Waals surface area (Å²) in [5.74, 6) is 1.69. The zero-order chi connectivity index (χ0) is 14.0. The quantitative estimate of drug-likeness (QED) is 0.734. The molecule has 0 aromatic rings. The lowest BCUT2D eigenvalue weighted by atomic mass is 9.76. The Morgan fingerprint density at radius 3 is 2.37 bits per heavy atom. The molecule has 0 radical (unpaired) electrons. The van der Waals surface area contributed by atoms with Gasteiger partial charge in [0.15, 0.2) is 0 Å². The Balaban J connectivity index is 1.92. The second-order valence-corrected chi connectivity index (χ2v) is 8.28. The van der Waals surface area contributed by atoms with Crippen molar-refractivity contribution in [2.24, 2.45) is 23.0 Å². The van der Waals surface area contributed by atoms with Crippen LogP contribution in [0.4, 0.5) is 0 Å². The molecule has 1 saturated carbocycles. The van der Waals surface area contributed by atoms with E-state index in [0.717, 1.165) is 24.4 Å². The van der Waals surface area contributed by atoms with Gasteiger partial charge in [-0.2, -0.15) is 0 Å². The molecular formula is C17H34N2. The van der Waals surface area contributed by atoms with Gasteiger partial charge in [-0.1, -0.05) is 34.1 Å². The first kappa shape index (κ1) is 15.3. The molecule has 112 valence electrons. The third-order valence-corrected chi connectivity index (χ3v) is 5.40. The van der Waals surface area contributed by atoms with Gasteiger partial charge >= 0.3 is 0 Å². The molecule has 1 saturated heterocycles. The number of nitrogens with zero attached hydrogens (tertiary/aromatic N) is 1. The minimum atomic E-state index is 0.408. The fourth-order valence-corrected chi connectivity index (χ4v) is 4.25. The van der Waals surface area contributed by atoms with Crippen LogP contribution >= 0.6 is 0 Å². The standard InChI is InChI=1S/C17H34N2/c1-13-10-15(18)12-19(11-13)16-7-5-6-14(8-9-16)17(2,3)4/h13-16H,5-12,18H2,1-4H3. The van der Waals surface area contributed by atoms with E-state index < -0.39 is 0 Å². The first-order valence-corrected chi connectivity index (χ1v) is 8.36. The van der Waals surface area contributed by atoms with Gasteiger partial charge in [-0.05, 0) is 49.4 Å². The lowest BCUT2D eigenvalue weighted by Gasteiger charge is -2.40. The molecule has 4 atom stereocenters. The Kier molecular flexibility index (Phi) is 4.94. The topological polar surface area (TPSA) is 29.3 Å². The fraction of sp³-hybridized carbons (Fsp3) is 1.00. The Labute approximate surface area is 120 Å². The predicted octanol–water partition coefficient (Wildman–Crippen LogP) is 3.65. The van der Waals surface area contributed by atoms with E-state index in [1.54, 1.807) is 0 Å². The summed E-state index contributed by atoms with van der Waals surface area (Å²) in [7, 11) is 0. The van der Waals surface area contributed by atoms with Gasteiger partial charge in [-0.25, -0.2) is 0 Å². The minimum absolute atomic E-state index is 0.408. The van der Waals surface area contributed by atoms with E-state index in [-0.39, 0.29) is 0 Å². The molecule has 1 aliphatic carbocycles. The fourth-order valence-electron chi connectivity index (χ4n) is 4.25. The molecule has 2 aliphatic rings. The summed E-state index contributed by atoms with van der Waals surface area (Å²) in [5.41, 5.74) is 6.70. The van der Waals surface area contributed by atoms with Crippen molar-refractivity contribution in [3.8, 4) is 0 Å². The summed E-state index contributed by atoms with van der Waals surface area (Å²) in [6, 6.07) is 1.21. The van der Waals surface area contributed by atoms with Crippen molar-refractivity contribution in [1.82, 2.24) is 4.90 Å². The van der Waals surface area contributed by atoms with Crippen LogP contribution in [0.25, 0.3) is 0 Å². The Morgan fingerprint density at radius 1 is 1.00 bits per heavy atom. The van der Waals surface area contributed by atoms with Gasteiger partial charge in [0.1, 0.15) is 0 Å². The molecule has 0 aromatic heterocycles. The van der Waals surface area contributed by atoms with E-state index >= 15 is 0 Å². The van der Waals surface area contributed by atoms with E-state index in [0.29, 0.717) is 11.5 Å².